The summed E-state index contributed by atoms with van der Waals surface area (Å²) in [4.78, 5) is 0. The van der Waals surface area contributed by atoms with Gasteiger partial charge in [-0.2, -0.15) is 0 Å². The van der Waals surface area contributed by atoms with E-state index in [1.165, 1.54) is 128 Å². The van der Waals surface area contributed by atoms with Gasteiger partial charge in [-0.05, 0) is 25.3 Å². The molecule has 1 heterocycles. The van der Waals surface area contributed by atoms with Crippen LogP contribution in [0.4, 0.5) is 0 Å². The molecule has 1 aromatic heterocycles. The maximum absolute atomic E-state index is 2.41. The van der Waals surface area contributed by atoms with Crippen molar-refractivity contribution in [3.63, 3.8) is 0 Å². The topological polar surface area (TPSA) is 3.88 Å². The van der Waals surface area contributed by atoms with Crippen molar-refractivity contribution in [2.24, 2.45) is 0 Å². The lowest BCUT2D eigenvalue weighted by atomic mass is 10.0. The van der Waals surface area contributed by atoms with E-state index in [9.17, 15) is 0 Å². The summed E-state index contributed by atoms with van der Waals surface area (Å²) in [7, 11) is 0. The second-order valence-corrected chi connectivity index (χ2v) is 8.50. The summed E-state index contributed by atoms with van der Waals surface area (Å²) in [5.74, 6) is 0. The number of rotatable bonds is 19. The van der Waals surface area contributed by atoms with Gasteiger partial charge in [0, 0.05) is 18.1 Å². The molecule has 1 aromatic rings. The third-order valence-corrected chi connectivity index (χ3v) is 5.76. The molecule has 0 aliphatic heterocycles. The summed E-state index contributed by atoms with van der Waals surface area (Å²) in [6.07, 6.45) is 29.9. The predicted octanol–water partition coefficient (Wildman–Crippen LogP) is 8.19. The highest BCUT2D eigenvalue weighted by Crippen LogP contribution is 2.12. The number of hydrogen-bond donors (Lipinski definition) is 0. The lowest BCUT2D eigenvalue weighted by molar-refractivity contribution is -0.697. The Kier molecular flexibility index (Phi) is 16.6. The molecule has 0 aromatic carbocycles. The average Bonchev–Trinajstić information content (AvgIpc) is 2.69. The number of unbranched alkanes of at least 4 members (excludes halogenated alkanes) is 15. The Balaban J connectivity index is 2.00. The number of pyridine rings is 1. The fourth-order valence-electron chi connectivity index (χ4n) is 3.93. The van der Waals surface area contributed by atoms with Gasteiger partial charge < -0.3 is 0 Å². The van der Waals surface area contributed by atoms with Crippen LogP contribution in [0.25, 0.3) is 0 Å². The molecule has 0 unspecified atom stereocenters. The molecule has 27 heavy (non-hydrogen) atoms. The van der Waals surface area contributed by atoms with Crippen LogP contribution < -0.4 is 4.57 Å². The highest BCUT2D eigenvalue weighted by Gasteiger charge is 2.03. The van der Waals surface area contributed by atoms with Gasteiger partial charge in [0.2, 0.25) is 0 Å². The molecule has 0 bridgehead atoms. The highest BCUT2D eigenvalue weighted by molar-refractivity contribution is 5.05. The van der Waals surface area contributed by atoms with Crippen molar-refractivity contribution in [2.75, 3.05) is 0 Å². The van der Waals surface area contributed by atoms with Crippen LogP contribution in [0.15, 0.2) is 24.5 Å². The van der Waals surface area contributed by atoms with Gasteiger partial charge >= 0.3 is 0 Å². The molecule has 0 aliphatic carbocycles. The molecule has 0 amide bonds. The van der Waals surface area contributed by atoms with Gasteiger partial charge in [-0.3, -0.25) is 0 Å². The normalized spacial score (nSPS) is 11.2. The Hall–Kier alpha value is -0.850. The zero-order valence-electron chi connectivity index (χ0n) is 18.7. The van der Waals surface area contributed by atoms with Crippen LogP contribution in [-0.2, 0) is 13.0 Å². The molecule has 0 N–H and O–H groups in total. The molecule has 0 atom stereocenters. The SMILES string of the molecule is CCCCCCCCCCCCc1ccc[n+](CCCCCCCCC)c1. The molecule has 1 rings (SSSR count). The standard InChI is InChI=1S/C26H48N/c1-3-5-7-9-11-12-13-14-16-18-21-26-22-20-24-27(25-26)23-19-17-15-10-8-6-4-2/h20,22,24-25H,3-19,21,23H2,1-2H3/q+1. The van der Waals surface area contributed by atoms with Crippen LogP contribution >= 0.6 is 0 Å². The van der Waals surface area contributed by atoms with Gasteiger partial charge in [0.1, 0.15) is 6.54 Å². The second kappa shape index (κ2) is 18.5. The molecule has 0 spiro atoms. The summed E-state index contributed by atoms with van der Waals surface area (Å²) in [5.41, 5.74) is 1.53. The van der Waals surface area contributed by atoms with Crippen molar-refractivity contribution >= 4 is 0 Å². The smallest absolute Gasteiger partial charge is 0.171 e. The van der Waals surface area contributed by atoms with E-state index in [0.717, 1.165) is 0 Å². The summed E-state index contributed by atoms with van der Waals surface area (Å²) >= 11 is 0. The Morgan fingerprint density at radius 1 is 0.593 bits per heavy atom. The van der Waals surface area contributed by atoms with E-state index in [4.69, 9.17) is 0 Å². The monoisotopic (exact) mass is 374 g/mol. The van der Waals surface area contributed by atoms with Gasteiger partial charge in [0.25, 0.3) is 0 Å². The molecular formula is C26H48N+. The number of nitrogens with zero attached hydrogens (tertiary/aromatic N) is 1. The van der Waals surface area contributed by atoms with Crippen LogP contribution in [0.2, 0.25) is 0 Å². The quantitative estimate of drug-likeness (QED) is 0.170. The lowest BCUT2D eigenvalue weighted by Gasteiger charge is -2.03. The fourth-order valence-corrected chi connectivity index (χ4v) is 3.93. The van der Waals surface area contributed by atoms with Crippen LogP contribution in [0.1, 0.15) is 129 Å². The predicted molar refractivity (Wildman–Crippen MR) is 120 cm³/mol. The summed E-state index contributed by atoms with van der Waals surface area (Å²) < 4.78 is 2.41. The Morgan fingerprint density at radius 2 is 1.07 bits per heavy atom. The van der Waals surface area contributed by atoms with E-state index in [-0.39, 0.29) is 0 Å². The van der Waals surface area contributed by atoms with Gasteiger partial charge in [0.15, 0.2) is 12.4 Å². The molecule has 156 valence electrons. The van der Waals surface area contributed by atoms with E-state index in [0.29, 0.717) is 0 Å². The Labute approximate surface area is 171 Å². The first kappa shape index (κ1) is 24.2. The van der Waals surface area contributed by atoms with Crippen molar-refractivity contribution in [3.05, 3.63) is 30.1 Å². The number of hydrogen-bond acceptors (Lipinski definition) is 0. The minimum atomic E-state index is 1.19. The van der Waals surface area contributed by atoms with Gasteiger partial charge in [-0.15, -0.1) is 0 Å². The van der Waals surface area contributed by atoms with Gasteiger partial charge in [-0.25, -0.2) is 4.57 Å². The largest absolute Gasteiger partial charge is 0.205 e. The molecule has 1 heteroatoms. The van der Waals surface area contributed by atoms with E-state index >= 15 is 0 Å². The van der Waals surface area contributed by atoms with E-state index in [1.54, 1.807) is 0 Å². The number of aromatic nitrogens is 1. The molecular weight excluding hydrogens is 326 g/mol. The highest BCUT2D eigenvalue weighted by atomic mass is 14.9. The van der Waals surface area contributed by atoms with Crippen molar-refractivity contribution in [2.45, 2.75) is 136 Å². The fraction of sp³-hybridized carbons (Fsp3) is 0.808. The molecule has 1 nitrogen and oxygen atoms in total. The van der Waals surface area contributed by atoms with Crippen molar-refractivity contribution < 1.29 is 4.57 Å². The van der Waals surface area contributed by atoms with E-state index in [2.05, 4.69) is 42.9 Å². The first-order valence-electron chi connectivity index (χ1n) is 12.3. The number of aryl methyl sites for hydroxylation is 2. The molecule has 0 radical (unpaired) electrons. The zero-order chi connectivity index (χ0) is 19.4. The summed E-state index contributed by atoms with van der Waals surface area (Å²) in [6.45, 7) is 5.78. The third kappa shape index (κ3) is 14.8. The van der Waals surface area contributed by atoms with Crippen molar-refractivity contribution in [1.82, 2.24) is 0 Å². The maximum Gasteiger partial charge on any atom is 0.171 e. The van der Waals surface area contributed by atoms with E-state index < -0.39 is 0 Å². The second-order valence-electron chi connectivity index (χ2n) is 8.50. The summed E-state index contributed by atoms with van der Waals surface area (Å²) in [6, 6.07) is 4.56. The molecule has 0 aliphatic rings. The zero-order valence-corrected chi connectivity index (χ0v) is 18.7. The lowest BCUT2D eigenvalue weighted by Crippen LogP contribution is -2.33. The van der Waals surface area contributed by atoms with Crippen LogP contribution in [0.3, 0.4) is 0 Å². The molecule has 0 fully saturated rings. The van der Waals surface area contributed by atoms with Crippen LogP contribution in [-0.4, -0.2) is 0 Å². The van der Waals surface area contributed by atoms with Gasteiger partial charge in [0.05, 0.1) is 0 Å². The van der Waals surface area contributed by atoms with Crippen LogP contribution in [0.5, 0.6) is 0 Å². The van der Waals surface area contributed by atoms with Crippen molar-refractivity contribution in [3.8, 4) is 0 Å². The maximum atomic E-state index is 2.41. The molecule has 0 saturated heterocycles. The van der Waals surface area contributed by atoms with Crippen LogP contribution in [0, 0.1) is 0 Å². The third-order valence-electron chi connectivity index (χ3n) is 5.76. The average molecular weight is 375 g/mol. The first-order valence-corrected chi connectivity index (χ1v) is 12.3. The minimum absolute atomic E-state index is 1.19. The minimum Gasteiger partial charge on any atom is -0.205 e. The van der Waals surface area contributed by atoms with E-state index in [1.807, 2.05) is 0 Å². The van der Waals surface area contributed by atoms with Gasteiger partial charge in [-0.1, -0.05) is 104 Å². The van der Waals surface area contributed by atoms with Crippen molar-refractivity contribution in [1.29, 1.82) is 0 Å². The first-order chi connectivity index (χ1) is 13.4. The summed E-state index contributed by atoms with van der Waals surface area (Å²) in [5, 5.41) is 0. The Morgan fingerprint density at radius 3 is 1.63 bits per heavy atom. The molecule has 0 saturated carbocycles. The Bertz CT molecular complexity index is 426.